The zero-order chi connectivity index (χ0) is 18.0. The highest BCUT2D eigenvalue weighted by Gasteiger charge is 2.17. The standard InChI is InChI=1S/C19H22N4O2/c1-12-8-7-11-15-16(12)23-17(21-15)20-13-9-5-6-10-14(13)22-18(24)25-19(2,3)4/h5-11H,1-4H3,(H,22,24)(H2,20,21,23). The van der Waals surface area contributed by atoms with Gasteiger partial charge in [0.2, 0.25) is 5.95 Å². The molecule has 6 nitrogen and oxygen atoms in total. The van der Waals surface area contributed by atoms with Crippen LogP contribution in [0.25, 0.3) is 11.0 Å². The lowest BCUT2D eigenvalue weighted by atomic mass is 10.2. The van der Waals surface area contributed by atoms with Crippen LogP contribution in [0.2, 0.25) is 0 Å². The lowest BCUT2D eigenvalue weighted by Crippen LogP contribution is -2.27. The van der Waals surface area contributed by atoms with Crippen molar-refractivity contribution in [1.82, 2.24) is 9.97 Å². The Hall–Kier alpha value is -3.02. The highest BCUT2D eigenvalue weighted by atomic mass is 16.6. The number of carbonyl (C=O) groups excluding carboxylic acids is 1. The summed E-state index contributed by atoms with van der Waals surface area (Å²) in [5.41, 5.74) is 3.77. The summed E-state index contributed by atoms with van der Waals surface area (Å²) in [6, 6.07) is 13.4. The lowest BCUT2D eigenvalue weighted by Gasteiger charge is -2.20. The number of aromatic amines is 1. The molecule has 0 radical (unpaired) electrons. The number of fused-ring (bicyclic) bond motifs is 1. The van der Waals surface area contributed by atoms with Crippen molar-refractivity contribution in [3.63, 3.8) is 0 Å². The van der Waals surface area contributed by atoms with Gasteiger partial charge in [0, 0.05) is 0 Å². The van der Waals surface area contributed by atoms with Crippen LogP contribution in [0.15, 0.2) is 42.5 Å². The molecule has 0 aliphatic rings. The molecule has 2 aromatic carbocycles. The first-order chi connectivity index (χ1) is 11.8. The number of aryl methyl sites for hydroxylation is 1. The van der Waals surface area contributed by atoms with Crippen molar-refractivity contribution in [3.05, 3.63) is 48.0 Å². The zero-order valence-electron chi connectivity index (χ0n) is 14.8. The van der Waals surface area contributed by atoms with E-state index in [0.29, 0.717) is 11.6 Å². The monoisotopic (exact) mass is 338 g/mol. The van der Waals surface area contributed by atoms with Gasteiger partial charge in [0.1, 0.15) is 5.60 Å². The van der Waals surface area contributed by atoms with Crippen molar-refractivity contribution < 1.29 is 9.53 Å². The average Bonchev–Trinajstić information content (AvgIpc) is 2.91. The molecule has 0 bridgehead atoms. The predicted molar refractivity (Wildman–Crippen MR) is 100 cm³/mol. The second-order valence-corrected chi connectivity index (χ2v) is 6.85. The van der Waals surface area contributed by atoms with Crippen LogP contribution in [0.4, 0.5) is 22.1 Å². The van der Waals surface area contributed by atoms with Gasteiger partial charge in [-0.25, -0.2) is 9.78 Å². The predicted octanol–water partition coefficient (Wildman–Crippen LogP) is 4.96. The molecule has 0 unspecified atom stereocenters. The fraction of sp³-hybridized carbons (Fsp3) is 0.263. The normalized spacial score (nSPS) is 11.4. The van der Waals surface area contributed by atoms with E-state index in [9.17, 15) is 4.79 Å². The Morgan fingerprint density at radius 1 is 1.08 bits per heavy atom. The zero-order valence-corrected chi connectivity index (χ0v) is 14.8. The number of benzene rings is 2. The molecule has 1 heterocycles. The van der Waals surface area contributed by atoms with Gasteiger partial charge in [0.25, 0.3) is 0 Å². The summed E-state index contributed by atoms with van der Waals surface area (Å²) < 4.78 is 5.31. The number of hydrogen-bond acceptors (Lipinski definition) is 4. The Morgan fingerprint density at radius 3 is 2.48 bits per heavy atom. The summed E-state index contributed by atoms with van der Waals surface area (Å²) in [5.74, 6) is 0.614. The third-order valence-electron chi connectivity index (χ3n) is 3.53. The number of rotatable bonds is 3. The molecule has 3 aromatic rings. The Kier molecular flexibility index (Phi) is 4.35. The van der Waals surface area contributed by atoms with Crippen LogP contribution in [0.5, 0.6) is 0 Å². The summed E-state index contributed by atoms with van der Waals surface area (Å²) in [6.45, 7) is 7.50. The quantitative estimate of drug-likeness (QED) is 0.630. The summed E-state index contributed by atoms with van der Waals surface area (Å²) in [6.07, 6.45) is -0.498. The van der Waals surface area contributed by atoms with Crippen LogP contribution >= 0.6 is 0 Å². The minimum Gasteiger partial charge on any atom is -0.444 e. The minimum atomic E-state index is -0.553. The van der Waals surface area contributed by atoms with Crippen molar-refractivity contribution >= 4 is 34.4 Å². The van der Waals surface area contributed by atoms with Crippen molar-refractivity contribution in [2.45, 2.75) is 33.3 Å². The van der Waals surface area contributed by atoms with Gasteiger partial charge in [-0.2, -0.15) is 0 Å². The molecule has 0 saturated carbocycles. The van der Waals surface area contributed by atoms with Crippen LogP contribution in [-0.2, 0) is 4.74 Å². The fourth-order valence-corrected chi connectivity index (χ4v) is 2.48. The van der Waals surface area contributed by atoms with E-state index in [0.717, 1.165) is 22.3 Å². The molecule has 0 saturated heterocycles. The summed E-state index contributed by atoms with van der Waals surface area (Å²) in [5, 5.41) is 5.99. The Labute approximate surface area is 146 Å². The van der Waals surface area contributed by atoms with E-state index in [1.54, 1.807) is 6.07 Å². The maximum Gasteiger partial charge on any atom is 0.412 e. The number of amides is 1. The number of imidazole rings is 1. The van der Waals surface area contributed by atoms with E-state index in [2.05, 4.69) is 20.6 Å². The Balaban J connectivity index is 1.83. The molecule has 1 aromatic heterocycles. The SMILES string of the molecule is Cc1cccc2[nH]c(Nc3ccccc3NC(=O)OC(C)(C)C)nc12. The van der Waals surface area contributed by atoms with Crippen LogP contribution in [-0.4, -0.2) is 21.7 Å². The molecular formula is C19H22N4O2. The average molecular weight is 338 g/mol. The largest absolute Gasteiger partial charge is 0.444 e. The molecule has 0 atom stereocenters. The molecule has 1 amide bonds. The van der Waals surface area contributed by atoms with Crippen LogP contribution in [0, 0.1) is 6.92 Å². The second-order valence-electron chi connectivity index (χ2n) is 6.85. The van der Waals surface area contributed by atoms with Crippen molar-refractivity contribution in [2.24, 2.45) is 0 Å². The molecule has 0 fully saturated rings. The molecule has 0 aliphatic heterocycles. The maximum atomic E-state index is 12.0. The number of H-pyrrole nitrogens is 1. The molecular weight excluding hydrogens is 316 g/mol. The Morgan fingerprint density at radius 2 is 1.80 bits per heavy atom. The van der Waals surface area contributed by atoms with E-state index in [-0.39, 0.29) is 0 Å². The fourth-order valence-electron chi connectivity index (χ4n) is 2.48. The molecule has 3 N–H and O–H groups in total. The molecule has 0 spiro atoms. The van der Waals surface area contributed by atoms with Crippen molar-refractivity contribution in [2.75, 3.05) is 10.6 Å². The van der Waals surface area contributed by atoms with Gasteiger partial charge in [0.05, 0.1) is 22.4 Å². The lowest BCUT2D eigenvalue weighted by molar-refractivity contribution is 0.0636. The van der Waals surface area contributed by atoms with Crippen LogP contribution < -0.4 is 10.6 Å². The first kappa shape index (κ1) is 16.8. The molecule has 3 rings (SSSR count). The van der Waals surface area contributed by atoms with E-state index in [1.807, 2.05) is 64.1 Å². The maximum absolute atomic E-state index is 12.0. The first-order valence-electron chi connectivity index (χ1n) is 8.13. The minimum absolute atomic E-state index is 0.498. The molecule has 25 heavy (non-hydrogen) atoms. The first-order valence-corrected chi connectivity index (χ1v) is 8.13. The smallest absolute Gasteiger partial charge is 0.412 e. The van der Waals surface area contributed by atoms with Gasteiger partial charge in [0.15, 0.2) is 0 Å². The molecule has 6 heteroatoms. The van der Waals surface area contributed by atoms with E-state index >= 15 is 0 Å². The number of carbonyl (C=O) groups is 1. The van der Waals surface area contributed by atoms with Gasteiger partial charge in [-0.1, -0.05) is 24.3 Å². The number of anilines is 3. The summed E-state index contributed by atoms with van der Waals surface area (Å²) >= 11 is 0. The third-order valence-corrected chi connectivity index (χ3v) is 3.53. The number of ether oxygens (including phenoxy) is 1. The van der Waals surface area contributed by atoms with E-state index in [1.165, 1.54) is 0 Å². The third kappa shape index (κ3) is 4.09. The number of nitrogens with one attached hydrogen (secondary N) is 3. The summed E-state index contributed by atoms with van der Waals surface area (Å²) in [4.78, 5) is 19.8. The van der Waals surface area contributed by atoms with Crippen LogP contribution in [0.1, 0.15) is 26.3 Å². The molecule has 130 valence electrons. The van der Waals surface area contributed by atoms with Gasteiger partial charge >= 0.3 is 6.09 Å². The van der Waals surface area contributed by atoms with E-state index < -0.39 is 11.7 Å². The number of hydrogen-bond donors (Lipinski definition) is 3. The van der Waals surface area contributed by atoms with Crippen molar-refractivity contribution in [3.8, 4) is 0 Å². The number of para-hydroxylation sites is 3. The van der Waals surface area contributed by atoms with E-state index in [4.69, 9.17) is 4.74 Å². The Bertz CT molecular complexity index is 909. The second kappa shape index (κ2) is 6.47. The van der Waals surface area contributed by atoms with Gasteiger partial charge in [-0.3, -0.25) is 5.32 Å². The van der Waals surface area contributed by atoms with Gasteiger partial charge in [-0.05, 0) is 51.5 Å². The highest BCUT2D eigenvalue weighted by molar-refractivity contribution is 5.91. The summed E-state index contributed by atoms with van der Waals surface area (Å²) in [7, 11) is 0. The number of nitrogens with zero attached hydrogens (tertiary/aromatic N) is 1. The van der Waals surface area contributed by atoms with Crippen LogP contribution in [0.3, 0.4) is 0 Å². The number of aromatic nitrogens is 2. The van der Waals surface area contributed by atoms with Gasteiger partial charge in [-0.15, -0.1) is 0 Å². The van der Waals surface area contributed by atoms with Gasteiger partial charge < -0.3 is 15.0 Å². The van der Waals surface area contributed by atoms with Crippen molar-refractivity contribution in [1.29, 1.82) is 0 Å². The molecule has 0 aliphatic carbocycles. The topological polar surface area (TPSA) is 79.0 Å². The highest BCUT2D eigenvalue weighted by Crippen LogP contribution is 2.26.